The first kappa shape index (κ1) is 25.2. The number of nitrogens with one attached hydrogen (secondary N) is 2. The Morgan fingerprint density at radius 1 is 0.857 bits per heavy atom. The van der Waals surface area contributed by atoms with E-state index >= 15 is 0 Å². The Hall–Kier alpha value is -2.82. The molecule has 0 atom stereocenters. The van der Waals surface area contributed by atoms with E-state index < -0.39 is 49.1 Å². The summed E-state index contributed by atoms with van der Waals surface area (Å²) in [4.78, 5) is 70.7. The highest BCUT2D eigenvalue weighted by Crippen LogP contribution is 1.98. The highest BCUT2D eigenvalue weighted by molar-refractivity contribution is 5.93. The van der Waals surface area contributed by atoms with Crippen LogP contribution < -0.4 is 16.4 Å². The van der Waals surface area contributed by atoms with E-state index in [1.165, 1.54) is 0 Å². The molecular weight excluding hydrogens is 372 g/mol. The summed E-state index contributed by atoms with van der Waals surface area (Å²) in [5.74, 6) is -2.99. The van der Waals surface area contributed by atoms with Crippen molar-refractivity contribution in [3.05, 3.63) is 0 Å². The van der Waals surface area contributed by atoms with E-state index in [9.17, 15) is 28.8 Å². The molecule has 0 aromatic rings. The van der Waals surface area contributed by atoms with E-state index in [4.69, 9.17) is 5.73 Å². The fourth-order valence-electron chi connectivity index (χ4n) is 2.01. The summed E-state index contributed by atoms with van der Waals surface area (Å²) >= 11 is 0. The molecule has 0 aliphatic carbocycles. The standard InChI is InChI=1S/C17H28N4O7/c1-3-4-12(22)8-19-14(24)6-5-13(23)10-21(11-17(27)28-2)16(26)9-20-15(25)7-18/h3-11,18H2,1-2H3,(H,19,24)(H,20,25). The van der Waals surface area contributed by atoms with Gasteiger partial charge in [0.15, 0.2) is 11.6 Å². The molecule has 0 unspecified atom stereocenters. The average molecular weight is 400 g/mol. The molecule has 0 aliphatic heterocycles. The highest BCUT2D eigenvalue weighted by atomic mass is 16.5. The number of esters is 1. The molecule has 0 aromatic carbocycles. The molecule has 0 bridgehead atoms. The molecule has 0 fully saturated rings. The fraction of sp³-hybridized carbons (Fsp3) is 0.647. The quantitative estimate of drug-likeness (QED) is 0.279. The maximum absolute atomic E-state index is 12.1. The molecule has 3 amide bonds. The number of methoxy groups -OCH3 is 1. The monoisotopic (exact) mass is 400 g/mol. The lowest BCUT2D eigenvalue weighted by atomic mass is 10.2. The van der Waals surface area contributed by atoms with Crippen molar-refractivity contribution in [2.24, 2.45) is 5.73 Å². The number of ether oxygens (including phenoxy) is 1. The Morgan fingerprint density at radius 2 is 1.50 bits per heavy atom. The molecule has 11 heteroatoms. The molecule has 0 aliphatic rings. The molecule has 0 rings (SSSR count). The van der Waals surface area contributed by atoms with Crippen molar-refractivity contribution in [1.29, 1.82) is 0 Å². The number of rotatable bonds is 14. The van der Waals surface area contributed by atoms with Crippen molar-refractivity contribution < 1.29 is 33.5 Å². The molecule has 0 saturated heterocycles. The van der Waals surface area contributed by atoms with Crippen molar-refractivity contribution >= 4 is 35.3 Å². The van der Waals surface area contributed by atoms with Gasteiger partial charge in [-0.15, -0.1) is 0 Å². The smallest absolute Gasteiger partial charge is 0.325 e. The van der Waals surface area contributed by atoms with Crippen LogP contribution in [-0.2, 0) is 33.5 Å². The molecule has 0 saturated carbocycles. The zero-order chi connectivity index (χ0) is 21.5. The minimum absolute atomic E-state index is 0.0886. The van der Waals surface area contributed by atoms with Crippen LogP contribution in [0.25, 0.3) is 0 Å². The Labute approximate surface area is 163 Å². The maximum Gasteiger partial charge on any atom is 0.325 e. The number of carbonyl (C=O) groups is 6. The van der Waals surface area contributed by atoms with Crippen molar-refractivity contribution in [2.75, 3.05) is 39.8 Å². The summed E-state index contributed by atoms with van der Waals surface area (Å²) in [6.45, 7) is 0.126. The Morgan fingerprint density at radius 3 is 2.07 bits per heavy atom. The van der Waals surface area contributed by atoms with E-state index in [2.05, 4.69) is 15.4 Å². The SMILES string of the molecule is CCCC(=O)CNC(=O)CCC(=O)CN(CC(=O)OC)C(=O)CNC(=O)CN. The molecule has 158 valence electrons. The molecule has 0 spiro atoms. The highest BCUT2D eigenvalue weighted by Gasteiger charge is 2.21. The predicted octanol–water partition coefficient (Wildman–Crippen LogP) is -2.10. The van der Waals surface area contributed by atoms with Gasteiger partial charge in [0.05, 0.1) is 33.3 Å². The third kappa shape index (κ3) is 11.7. The van der Waals surface area contributed by atoms with Crippen LogP contribution in [0.2, 0.25) is 0 Å². The van der Waals surface area contributed by atoms with Crippen LogP contribution >= 0.6 is 0 Å². The van der Waals surface area contributed by atoms with Gasteiger partial charge in [0, 0.05) is 19.3 Å². The first-order valence-electron chi connectivity index (χ1n) is 8.84. The van der Waals surface area contributed by atoms with Crippen LogP contribution in [0, 0.1) is 0 Å². The molecule has 0 heterocycles. The summed E-state index contributed by atoms with van der Waals surface area (Å²) in [5, 5.41) is 4.67. The van der Waals surface area contributed by atoms with Gasteiger partial charge < -0.3 is 26.0 Å². The Balaban J connectivity index is 4.55. The summed E-state index contributed by atoms with van der Waals surface area (Å²) in [6.07, 6.45) is 0.726. The summed E-state index contributed by atoms with van der Waals surface area (Å²) < 4.78 is 4.48. The second kappa shape index (κ2) is 14.3. The second-order valence-corrected chi connectivity index (χ2v) is 5.91. The lowest BCUT2D eigenvalue weighted by molar-refractivity contribution is -0.147. The van der Waals surface area contributed by atoms with Gasteiger partial charge in [-0.1, -0.05) is 6.92 Å². The van der Waals surface area contributed by atoms with Gasteiger partial charge in [-0.25, -0.2) is 0 Å². The molecule has 0 radical (unpaired) electrons. The number of nitrogens with zero attached hydrogens (tertiary/aromatic N) is 1. The minimum atomic E-state index is -0.738. The number of amides is 3. The second-order valence-electron chi connectivity index (χ2n) is 5.91. The van der Waals surface area contributed by atoms with E-state index in [-0.39, 0.29) is 31.7 Å². The van der Waals surface area contributed by atoms with Crippen LogP contribution in [0.15, 0.2) is 0 Å². The average Bonchev–Trinajstić information content (AvgIpc) is 2.67. The van der Waals surface area contributed by atoms with Crippen LogP contribution in [0.5, 0.6) is 0 Å². The van der Waals surface area contributed by atoms with Crippen LogP contribution in [-0.4, -0.2) is 80.0 Å². The number of nitrogens with two attached hydrogens (primary N) is 1. The normalized spacial score (nSPS) is 9.96. The topological polar surface area (TPSA) is 165 Å². The van der Waals surface area contributed by atoms with Crippen LogP contribution in [0.3, 0.4) is 0 Å². The third-order valence-electron chi connectivity index (χ3n) is 3.53. The Kier molecular flexibility index (Phi) is 12.8. The van der Waals surface area contributed by atoms with Crippen molar-refractivity contribution in [3.63, 3.8) is 0 Å². The van der Waals surface area contributed by atoms with Gasteiger partial charge in [0.25, 0.3) is 0 Å². The summed E-state index contributed by atoms with van der Waals surface area (Å²) in [6, 6.07) is 0. The van der Waals surface area contributed by atoms with Gasteiger partial charge in [-0.3, -0.25) is 28.8 Å². The van der Waals surface area contributed by atoms with E-state index in [0.29, 0.717) is 12.8 Å². The van der Waals surface area contributed by atoms with E-state index in [0.717, 1.165) is 12.0 Å². The molecule has 28 heavy (non-hydrogen) atoms. The van der Waals surface area contributed by atoms with Gasteiger partial charge in [0.2, 0.25) is 17.7 Å². The molecular formula is C17H28N4O7. The first-order chi connectivity index (χ1) is 13.2. The summed E-state index contributed by atoms with van der Waals surface area (Å²) in [7, 11) is 1.13. The van der Waals surface area contributed by atoms with E-state index in [1.807, 2.05) is 6.92 Å². The number of hydrogen-bond donors (Lipinski definition) is 3. The maximum atomic E-state index is 12.1. The van der Waals surface area contributed by atoms with Gasteiger partial charge in [-0.05, 0) is 6.42 Å². The number of ketones is 2. The number of Topliss-reactive ketones (excluding diaryl/α,β-unsaturated/α-hetero) is 2. The molecule has 0 aromatic heterocycles. The zero-order valence-electron chi connectivity index (χ0n) is 16.2. The van der Waals surface area contributed by atoms with E-state index in [1.54, 1.807) is 0 Å². The van der Waals surface area contributed by atoms with Gasteiger partial charge >= 0.3 is 5.97 Å². The number of carbonyl (C=O) groups excluding carboxylic acids is 6. The van der Waals surface area contributed by atoms with Crippen LogP contribution in [0.1, 0.15) is 32.6 Å². The van der Waals surface area contributed by atoms with Crippen molar-refractivity contribution in [3.8, 4) is 0 Å². The molecule has 4 N–H and O–H groups in total. The zero-order valence-corrected chi connectivity index (χ0v) is 16.2. The molecule has 11 nitrogen and oxygen atoms in total. The first-order valence-corrected chi connectivity index (χ1v) is 8.84. The van der Waals surface area contributed by atoms with Crippen molar-refractivity contribution in [2.45, 2.75) is 32.6 Å². The largest absolute Gasteiger partial charge is 0.468 e. The Bertz CT molecular complexity index is 592. The lowest BCUT2D eigenvalue weighted by Crippen LogP contribution is -2.46. The summed E-state index contributed by atoms with van der Waals surface area (Å²) in [5.41, 5.74) is 5.12. The van der Waals surface area contributed by atoms with Gasteiger partial charge in [-0.2, -0.15) is 0 Å². The minimum Gasteiger partial charge on any atom is -0.468 e. The van der Waals surface area contributed by atoms with Crippen LogP contribution in [0.4, 0.5) is 0 Å². The fourth-order valence-corrected chi connectivity index (χ4v) is 2.01. The third-order valence-corrected chi connectivity index (χ3v) is 3.53. The lowest BCUT2D eigenvalue weighted by Gasteiger charge is -2.21. The van der Waals surface area contributed by atoms with Gasteiger partial charge in [0.1, 0.15) is 6.54 Å². The van der Waals surface area contributed by atoms with Crippen molar-refractivity contribution in [1.82, 2.24) is 15.5 Å². The number of hydrogen-bond acceptors (Lipinski definition) is 8. The predicted molar refractivity (Wildman–Crippen MR) is 97.8 cm³/mol.